The van der Waals surface area contributed by atoms with Crippen LogP contribution in [0.5, 0.6) is 0 Å². The highest BCUT2D eigenvalue weighted by Crippen LogP contribution is 2.25. The van der Waals surface area contributed by atoms with Gasteiger partial charge in [0, 0.05) is 11.9 Å². The Morgan fingerprint density at radius 2 is 2.00 bits per heavy atom. The maximum atomic E-state index is 5.65. The minimum Gasteiger partial charge on any atom is -0.464 e. The van der Waals surface area contributed by atoms with Gasteiger partial charge in [-0.25, -0.2) is 0 Å². The molecule has 0 amide bonds. The minimum absolute atomic E-state index is 0.551. The van der Waals surface area contributed by atoms with Crippen molar-refractivity contribution in [1.29, 1.82) is 0 Å². The molecule has 2 heteroatoms. The molecule has 0 aliphatic rings. The zero-order valence-electron chi connectivity index (χ0n) is 11.2. The molecule has 0 saturated heterocycles. The quantitative estimate of drug-likeness (QED) is 0.798. The second kappa shape index (κ2) is 4.92. The fourth-order valence-electron chi connectivity index (χ4n) is 2.00. The van der Waals surface area contributed by atoms with E-state index in [1.807, 2.05) is 6.26 Å². The maximum Gasteiger partial charge on any atom is 0.134 e. The molecule has 2 aromatic rings. The van der Waals surface area contributed by atoms with Gasteiger partial charge in [0.1, 0.15) is 5.58 Å². The summed E-state index contributed by atoms with van der Waals surface area (Å²) in [7, 11) is 4.19. The number of hydrogen-bond acceptors (Lipinski definition) is 2. The second-order valence-electron chi connectivity index (χ2n) is 5.22. The zero-order valence-corrected chi connectivity index (χ0v) is 11.2. The lowest BCUT2D eigenvalue weighted by Crippen LogP contribution is -2.14. The van der Waals surface area contributed by atoms with Gasteiger partial charge >= 0.3 is 0 Å². The van der Waals surface area contributed by atoms with Gasteiger partial charge in [0.15, 0.2) is 0 Å². The van der Waals surface area contributed by atoms with E-state index in [-0.39, 0.29) is 0 Å². The van der Waals surface area contributed by atoms with Crippen molar-refractivity contribution in [2.24, 2.45) is 0 Å². The first kappa shape index (κ1) is 12.2. The van der Waals surface area contributed by atoms with E-state index in [1.165, 1.54) is 16.5 Å². The fraction of sp³-hybridized carbons (Fsp3) is 0.467. The van der Waals surface area contributed by atoms with E-state index in [0.29, 0.717) is 5.92 Å². The maximum absolute atomic E-state index is 5.65. The van der Waals surface area contributed by atoms with Crippen LogP contribution in [0.15, 0.2) is 28.9 Å². The Morgan fingerprint density at radius 1 is 1.24 bits per heavy atom. The van der Waals surface area contributed by atoms with Crippen molar-refractivity contribution in [3.63, 3.8) is 0 Å². The Morgan fingerprint density at radius 3 is 2.65 bits per heavy atom. The molecule has 0 spiro atoms. The summed E-state index contributed by atoms with van der Waals surface area (Å²) in [5.41, 5.74) is 3.67. The third-order valence-corrected chi connectivity index (χ3v) is 3.17. The molecule has 0 N–H and O–H groups in total. The van der Waals surface area contributed by atoms with Crippen LogP contribution in [0.3, 0.4) is 0 Å². The summed E-state index contributed by atoms with van der Waals surface area (Å²) in [5, 5.41) is 1.26. The van der Waals surface area contributed by atoms with Crippen molar-refractivity contribution in [3.05, 3.63) is 35.6 Å². The predicted octanol–water partition coefficient (Wildman–Crippen LogP) is 3.66. The van der Waals surface area contributed by atoms with Crippen LogP contribution in [0, 0.1) is 0 Å². The molecule has 1 aromatic carbocycles. The van der Waals surface area contributed by atoms with Gasteiger partial charge in [-0.05, 0) is 43.6 Å². The van der Waals surface area contributed by atoms with Crippen LogP contribution in [-0.2, 0) is 6.42 Å². The van der Waals surface area contributed by atoms with Gasteiger partial charge in [0.25, 0.3) is 0 Å². The van der Waals surface area contributed by atoms with Gasteiger partial charge in [-0.3, -0.25) is 0 Å². The highest BCUT2D eigenvalue weighted by molar-refractivity contribution is 5.81. The molecule has 0 aliphatic carbocycles. The first-order valence-corrected chi connectivity index (χ1v) is 6.22. The van der Waals surface area contributed by atoms with Crippen molar-refractivity contribution >= 4 is 11.0 Å². The number of furan rings is 1. The average molecular weight is 231 g/mol. The first-order valence-electron chi connectivity index (χ1n) is 6.22. The average Bonchev–Trinajstić information content (AvgIpc) is 2.68. The number of hydrogen-bond donors (Lipinski definition) is 0. The van der Waals surface area contributed by atoms with Crippen LogP contribution >= 0.6 is 0 Å². The number of rotatable bonds is 4. The monoisotopic (exact) mass is 231 g/mol. The Kier molecular flexibility index (Phi) is 3.53. The first-order chi connectivity index (χ1) is 8.08. The third-order valence-electron chi connectivity index (χ3n) is 3.17. The molecule has 0 saturated carbocycles. The molecule has 92 valence electrons. The van der Waals surface area contributed by atoms with E-state index in [1.54, 1.807) is 0 Å². The molecule has 2 rings (SSSR count). The fourth-order valence-corrected chi connectivity index (χ4v) is 2.00. The van der Waals surface area contributed by atoms with Gasteiger partial charge in [0.2, 0.25) is 0 Å². The molecular weight excluding hydrogens is 210 g/mol. The highest BCUT2D eigenvalue weighted by Gasteiger charge is 2.08. The van der Waals surface area contributed by atoms with E-state index in [0.717, 1.165) is 18.5 Å². The van der Waals surface area contributed by atoms with Crippen molar-refractivity contribution in [3.8, 4) is 0 Å². The smallest absolute Gasteiger partial charge is 0.134 e. The third kappa shape index (κ3) is 2.70. The number of nitrogens with zero attached hydrogens (tertiary/aromatic N) is 1. The van der Waals surface area contributed by atoms with Crippen LogP contribution in [0.2, 0.25) is 0 Å². The van der Waals surface area contributed by atoms with E-state index < -0.39 is 0 Å². The van der Waals surface area contributed by atoms with Crippen molar-refractivity contribution in [2.45, 2.75) is 26.2 Å². The topological polar surface area (TPSA) is 16.4 Å². The lowest BCUT2D eigenvalue weighted by molar-refractivity contribution is 0.413. The molecule has 1 aromatic heterocycles. The summed E-state index contributed by atoms with van der Waals surface area (Å²) in [5.74, 6) is 0.551. The van der Waals surface area contributed by atoms with Crippen LogP contribution in [0.25, 0.3) is 11.0 Å². The van der Waals surface area contributed by atoms with Crippen LogP contribution in [0.1, 0.15) is 30.9 Å². The van der Waals surface area contributed by atoms with Crippen LogP contribution < -0.4 is 0 Å². The van der Waals surface area contributed by atoms with E-state index in [4.69, 9.17) is 4.42 Å². The van der Waals surface area contributed by atoms with E-state index >= 15 is 0 Å². The SMILES string of the molecule is CC(C)c1ccc2c(CCN(C)C)coc2c1. The molecule has 0 aliphatic heterocycles. The van der Waals surface area contributed by atoms with E-state index in [9.17, 15) is 0 Å². The summed E-state index contributed by atoms with van der Waals surface area (Å²) in [6.07, 6.45) is 2.94. The number of benzene rings is 1. The summed E-state index contributed by atoms with van der Waals surface area (Å²) in [6.45, 7) is 5.47. The van der Waals surface area contributed by atoms with Crippen molar-refractivity contribution in [1.82, 2.24) is 4.90 Å². The van der Waals surface area contributed by atoms with Gasteiger partial charge < -0.3 is 9.32 Å². The van der Waals surface area contributed by atoms with Crippen molar-refractivity contribution in [2.75, 3.05) is 20.6 Å². The Hall–Kier alpha value is -1.28. The van der Waals surface area contributed by atoms with Gasteiger partial charge in [0.05, 0.1) is 6.26 Å². The van der Waals surface area contributed by atoms with Crippen LogP contribution in [0.4, 0.5) is 0 Å². The molecular formula is C15H21NO. The Bertz CT molecular complexity index is 497. The lowest BCUT2D eigenvalue weighted by Gasteiger charge is -2.08. The molecule has 0 atom stereocenters. The summed E-state index contributed by atoms with van der Waals surface area (Å²) in [6, 6.07) is 6.57. The zero-order chi connectivity index (χ0) is 12.4. The van der Waals surface area contributed by atoms with Gasteiger partial charge in [-0.1, -0.05) is 26.0 Å². The number of fused-ring (bicyclic) bond motifs is 1. The van der Waals surface area contributed by atoms with Crippen molar-refractivity contribution < 1.29 is 4.42 Å². The standard InChI is InChI=1S/C15H21NO/c1-11(2)12-5-6-14-13(7-8-16(3)4)10-17-15(14)9-12/h5-6,9-11H,7-8H2,1-4H3. The molecule has 1 heterocycles. The normalized spacial score (nSPS) is 11.9. The Balaban J connectivity index is 2.28. The lowest BCUT2D eigenvalue weighted by atomic mass is 10.0. The second-order valence-corrected chi connectivity index (χ2v) is 5.22. The molecule has 0 bridgehead atoms. The predicted molar refractivity (Wildman–Crippen MR) is 72.6 cm³/mol. The van der Waals surface area contributed by atoms with Gasteiger partial charge in [-0.15, -0.1) is 0 Å². The molecule has 0 unspecified atom stereocenters. The Labute approximate surface area is 103 Å². The summed E-state index contributed by atoms with van der Waals surface area (Å²) in [4.78, 5) is 2.20. The summed E-state index contributed by atoms with van der Waals surface area (Å²) < 4.78 is 5.65. The molecule has 2 nitrogen and oxygen atoms in total. The minimum atomic E-state index is 0.551. The number of likely N-dealkylation sites (N-methyl/N-ethyl adjacent to an activating group) is 1. The molecule has 0 fully saturated rings. The molecule has 0 radical (unpaired) electrons. The largest absolute Gasteiger partial charge is 0.464 e. The van der Waals surface area contributed by atoms with Crippen LogP contribution in [-0.4, -0.2) is 25.5 Å². The van der Waals surface area contributed by atoms with E-state index in [2.05, 4.69) is 51.0 Å². The summed E-state index contributed by atoms with van der Waals surface area (Å²) >= 11 is 0. The van der Waals surface area contributed by atoms with Gasteiger partial charge in [-0.2, -0.15) is 0 Å². The highest BCUT2D eigenvalue weighted by atomic mass is 16.3. The molecule has 17 heavy (non-hydrogen) atoms.